The van der Waals surface area contributed by atoms with E-state index in [4.69, 9.17) is 11.6 Å². The standard InChI is InChI=1S/C11H15ClF2O2S/c1-6(2)4-10(9(15)16)5-8(10)11(13,14)17-7(3)12/h4,7-8H,5H2,1-3H3,(H,15,16)/p-1. The summed E-state index contributed by atoms with van der Waals surface area (Å²) in [6.45, 7) is 4.79. The fourth-order valence-corrected chi connectivity index (χ4v) is 3.20. The normalized spacial score (nSPS) is 29.6. The van der Waals surface area contributed by atoms with Gasteiger partial charge in [-0.1, -0.05) is 23.4 Å². The molecule has 0 N–H and O–H groups in total. The van der Waals surface area contributed by atoms with E-state index in [9.17, 15) is 18.7 Å². The summed E-state index contributed by atoms with van der Waals surface area (Å²) in [5, 5.41) is 7.88. The zero-order valence-electron chi connectivity index (χ0n) is 9.80. The Morgan fingerprint density at radius 2 is 2.18 bits per heavy atom. The topological polar surface area (TPSA) is 40.1 Å². The van der Waals surface area contributed by atoms with Crippen molar-refractivity contribution in [3.8, 4) is 0 Å². The van der Waals surface area contributed by atoms with E-state index >= 15 is 0 Å². The Kier molecular flexibility index (Phi) is 4.14. The minimum Gasteiger partial charge on any atom is -0.549 e. The number of rotatable bonds is 5. The third-order valence-electron chi connectivity index (χ3n) is 2.66. The zero-order chi connectivity index (χ0) is 13.4. The van der Waals surface area contributed by atoms with Crippen LogP contribution < -0.4 is 5.11 Å². The van der Waals surface area contributed by atoms with Crippen LogP contribution in [-0.4, -0.2) is 15.9 Å². The first-order valence-electron chi connectivity index (χ1n) is 5.19. The number of carboxylic acids is 1. The van der Waals surface area contributed by atoms with E-state index in [0.717, 1.165) is 0 Å². The number of carbonyl (C=O) groups is 1. The first-order chi connectivity index (χ1) is 7.62. The average Bonchev–Trinajstić information content (AvgIpc) is 2.77. The van der Waals surface area contributed by atoms with Crippen LogP contribution in [0, 0.1) is 11.3 Å². The van der Waals surface area contributed by atoms with Gasteiger partial charge in [-0.05, 0) is 27.2 Å². The van der Waals surface area contributed by atoms with Crippen molar-refractivity contribution in [2.45, 2.75) is 37.2 Å². The van der Waals surface area contributed by atoms with E-state index in [1.165, 1.54) is 13.0 Å². The molecule has 2 nitrogen and oxygen atoms in total. The summed E-state index contributed by atoms with van der Waals surface area (Å²) in [6, 6.07) is 0. The Morgan fingerprint density at radius 1 is 1.65 bits per heavy atom. The lowest BCUT2D eigenvalue weighted by atomic mass is 10.0. The summed E-state index contributed by atoms with van der Waals surface area (Å²) < 4.78 is 26.7. The number of carboxylic acid groups (broad SMARTS) is 1. The Bertz CT molecular complexity index is 353. The van der Waals surface area contributed by atoms with Crippen molar-refractivity contribution in [2.75, 3.05) is 0 Å². The summed E-state index contributed by atoms with van der Waals surface area (Å²) in [4.78, 5) is 11.0. The maximum Gasteiger partial charge on any atom is 0.299 e. The zero-order valence-corrected chi connectivity index (χ0v) is 11.4. The Hall–Kier alpha value is -0.290. The molecule has 0 heterocycles. The van der Waals surface area contributed by atoms with Crippen molar-refractivity contribution in [1.82, 2.24) is 0 Å². The molecule has 0 radical (unpaired) electrons. The highest BCUT2D eigenvalue weighted by molar-refractivity contribution is 8.02. The van der Waals surface area contributed by atoms with Crippen molar-refractivity contribution in [1.29, 1.82) is 0 Å². The molecule has 0 spiro atoms. The van der Waals surface area contributed by atoms with E-state index in [-0.39, 0.29) is 18.2 Å². The van der Waals surface area contributed by atoms with Crippen LogP contribution in [-0.2, 0) is 4.79 Å². The molecule has 1 rings (SSSR count). The maximum atomic E-state index is 13.7. The molecule has 1 aliphatic rings. The molecule has 98 valence electrons. The SMILES string of the molecule is CC(C)=CC1(C(=O)[O-])CC1C(F)(F)SC(C)Cl. The van der Waals surface area contributed by atoms with Crippen LogP contribution >= 0.6 is 23.4 Å². The van der Waals surface area contributed by atoms with Crippen molar-refractivity contribution >= 4 is 29.3 Å². The molecular formula is C11H14ClF2O2S-. The Labute approximate surface area is 108 Å². The van der Waals surface area contributed by atoms with Gasteiger partial charge >= 0.3 is 0 Å². The summed E-state index contributed by atoms with van der Waals surface area (Å²) in [7, 11) is 0. The lowest BCUT2D eigenvalue weighted by Gasteiger charge is -2.22. The molecule has 0 amide bonds. The number of alkyl halides is 3. The molecule has 1 saturated carbocycles. The first-order valence-corrected chi connectivity index (χ1v) is 6.50. The van der Waals surface area contributed by atoms with E-state index in [1.54, 1.807) is 13.8 Å². The fourth-order valence-electron chi connectivity index (χ4n) is 1.96. The molecule has 0 saturated heterocycles. The number of aliphatic carboxylic acids is 1. The molecule has 3 unspecified atom stereocenters. The highest BCUT2D eigenvalue weighted by Gasteiger charge is 2.66. The lowest BCUT2D eigenvalue weighted by Crippen LogP contribution is -2.36. The van der Waals surface area contributed by atoms with Crippen molar-refractivity contribution in [3.63, 3.8) is 0 Å². The first kappa shape index (κ1) is 14.8. The quantitative estimate of drug-likeness (QED) is 0.575. The van der Waals surface area contributed by atoms with Crippen LogP contribution in [0.2, 0.25) is 0 Å². The van der Waals surface area contributed by atoms with Gasteiger partial charge in [0.2, 0.25) is 0 Å². The van der Waals surface area contributed by atoms with Crippen LogP contribution in [0.1, 0.15) is 27.2 Å². The van der Waals surface area contributed by atoms with Crippen LogP contribution in [0.25, 0.3) is 0 Å². The third-order valence-corrected chi connectivity index (χ3v) is 3.85. The third kappa shape index (κ3) is 3.13. The molecule has 0 aromatic rings. The van der Waals surface area contributed by atoms with Crippen molar-refractivity contribution < 1.29 is 18.7 Å². The van der Waals surface area contributed by atoms with Gasteiger partial charge in [0.05, 0.1) is 10.7 Å². The monoisotopic (exact) mass is 283 g/mol. The molecule has 0 aliphatic heterocycles. The molecule has 17 heavy (non-hydrogen) atoms. The smallest absolute Gasteiger partial charge is 0.299 e. The van der Waals surface area contributed by atoms with Gasteiger partial charge in [0.15, 0.2) is 0 Å². The van der Waals surface area contributed by atoms with Crippen LogP contribution in [0.4, 0.5) is 8.78 Å². The van der Waals surface area contributed by atoms with E-state index in [1.807, 2.05) is 0 Å². The van der Waals surface area contributed by atoms with Crippen LogP contribution in [0.5, 0.6) is 0 Å². The van der Waals surface area contributed by atoms with Crippen molar-refractivity contribution in [3.05, 3.63) is 11.6 Å². The van der Waals surface area contributed by atoms with Gasteiger partial charge in [0.1, 0.15) is 0 Å². The van der Waals surface area contributed by atoms with Gasteiger partial charge in [0.25, 0.3) is 5.25 Å². The second kappa shape index (κ2) is 4.76. The van der Waals surface area contributed by atoms with E-state index in [2.05, 4.69) is 0 Å². The van der Waals surface area contributed by atoms with Gasteiger partial charge in [-0.15, -0.1) is 11.6 Å². The van der Waals surface area contributed by atoms with Gasteiger partial charge in [0, 0.05) is 11.3 Å². The van der Waals surface area contributed by atoms with Crippen LogP contribution in [0.15, 0.2) is 11.6 Å². The van der Waals surface area contributed by atoms with Gasteiger partial charge in [-0.3, -0.25) is 0 Å². The van der Waals surface area contributed by atoms with Gasteiger partial charge in [-0.25, -0.2) is 0 Å². The predicted octanol–water partition coefficient (Wildman–Crippen LogP) is 2.62. The van der Waals surface area contributed by atoms with E-state index < -0.39 is 27.3 Å². The summed E-state index contributed by atoms with van der Waals surface area (Å²) >= 11 is 5.80. The highest BCUT2D eigenvalue weighted by atomic mass is 35.5. The molecule has 0 bridgehead atoms. The highest BCUT2D eigenvalue weighted by Crippen LogP contribution is 2.64. The summed E-state index contributed by atoms with van der Waals surface area (Å²) in [5.74, 6) is -2.67. The number of allylic oxidation sites excluding steroid dienone is 1. The summed E-state index contributed by atoms with van der Waals surface area (Å²) in [5.41, 5.74) is -0.836. The number of halogens is 3. The summed E-state index contributed by atoms with van der Waals surface area (Å²) in [6.07, 6.45) is 1.27. The Morgan fingerprint density at radius 3 is 2.53 bits per heavy atom. The predicted molar refractivity (Wildman–Crippen MR) is 62.8 cm³/mol. The molecule has 3 atom stereocenters. The minimum absolute atomic E-state index is 0.0931. The molecule has 0 aromatic carbocycles. The number of hydrogen-bond acceptors (Lipinski definition) is 3. The number of carbonyl (C=O) groups excluding carboxylic acids is 1. The lowest BCUT2D eigenvalue weighted by molar-refractivity contribution is -0.312. The van der Waals surface area contributed by atoms with Crippen LogP contribution in [0.3, 0.4) is 0 Å². The molecule has 1 aliphatic carbocycles. The average molecular weight is 284 g/mol. The minimum atomic E-state index is -3.15. The second-order valence-electron chi connectivity index (χ2n) is 4.53. The second-order valence-corrected chi connectivity index (χ2v) is 6.93. The largest absolute Gasteiger partial charge is 0.549 e. The maximum absolute atomic E-state index is 13.7. The van der Waals surface area contributed by atoms with Gasteiger partial charge < -0.3 is 9.90 Å². The number of hydrogen-bond donors (Lipinski definition) is 0. The molecule has 1 fully saturated rings. The molecule has 0 aromatic heterocycles. The number of thioether (sulfide) groups is 1. The van der Waals surface area contributed by atoms with Crippen molar-refractivity contribution in [2.24, 2.45) is 11.3 Å². The molecular weight excluding hydrogens is 270 g/mol. The molecule has 6 heteroatoms. The fraction of sp³-hybridized carbons (Fsp3) is 0.727. The van der Waals surface area contributed by atoms with Gasteiger partial charge in [-0.2, -0.15) is 8.78 Å². The van der Waals surface area contributed by atoms with E-state index in [0.29, 0.717) is 5.57 Å². The Balaban J connectivity index is 2.90.